The summed E-state index contributed by atoms with van der Waals surface area (Å²) in [5.74, 6) is -5.96. The molecule has 2 aromatic carbocycles. The molecule has 4 atom stereocenters. The van der Waals surface area contributed by atoms with Gasteiger partial charge >= 0.3 is 42.0 Å². The molecule has 45 nitrogen and oxygen atoms in total. The van der Waals surface area contributed by atoms with E-state index in [0.717, 1.165) is 44.6 Å². The standard InChI is InChI=1S/C22H22Cl3N5O6S.C12H23N3O6S.C11H21N3O6S.C7H15N3O4S.C6H12O3.C4H9NO2S3.CH5NO2S/c1-37(35,36)29-22(26)27-9-16(21(33)34)28-19(31)17-15(24)8-12-10-30(7-6-14(12)18(17)25)20(32)11-2-4-13(23)5-3-11;1-8(15-22(6,18)19)13-7-9(10(16)20-5)14-11(17)21-12(2,3)4;1-7(14-21(5,18)19)12-6-8(9(15)16)13-10(17)20-11(2,3)4;1-5(10-15(3,12)13)9-4-6(8)7(11)14-2;1-6(2,3)9-5(8)4-7;1-8-4(9-2)5-10(3,6)7;1-5(2,3)4/h2-5,8,16H,6-7,9-10H2,1H3,(H,28,31)(H,33,34)(H3,26,27,29);9H,7H2,1-6H3,(H,13,15)(H,14,17);8H,6H2,1-5H3,(H,12,14)(H,13,17)(H,15,16);6H,4,8H2,1-3H3,(H,9,10);7H,4H2,1-3H3;1-3H3;1H3,(H2,2,3,4)/t16-;9-;8-;6-;;;/m0000.../s1. The molecule has 1 aliphatic rings. The normalized spacial score (nSPS) is 13.7. The van der Waals surface area contributed by atoms with Crippen LogP contribution in [0, 0.1) is 0 Å². The minimum atomic E-state index is -3.71. The Balaban J connectivity index is -0.000000702. The van der Waals surface area contributed by atoms with Gasteiger partial charge in [0.1, 0.15) is 69.5 Å². The Hall–Kier alpha value is -8.23. The number of hydrogen-bond acceptors (Lipinski definition) is 34. The minimum Gasteiger partial charge on any atom is -0.480 e. The number of aliphatic carboxylic acids is 2. The summed E-state index contributed by atoms with van der Waals surface area (Å²) >= 11 is 21.4. The molecule has 0 spiro atoms. The second-order valence-corrected chi connectivity index (χ2v) is 40.4. The fraction of sp³-hybridized carbons (Fsp3) is 0.587. The number of nitrogens with one attached hydrogen (secondary N) is 7. The number of primary sulfonamides is 1. The number of alkyl carbamates (subject to hydrolysis) is 2. The summed E-state index contributed by atoms with van der Waals surface area (Å²) in [6.45, 7) is 18.3. The number of fused-ring (bicyclic) bond motifs is 1. The van der Waals surface area contributed by atoms with Gasteiger partial charge in [-0.25, -0.2) is 89.4 Å². The maximum atomic E-state index is 12.9. The number of amides is 4. The lowest BCUT2D eigenvalue weighted by Crippen LogP contribution is -2.46. The number of rotatable bonds is 23. The first-order chi connectivity index (χ1) is 53.6. The Bertz CT molecular complexity index is 4660. The van der Waals surface area contributed by atoms with Crippen LogP contribution in [0.4, 0.5) is 9.59 Å². The van der Waals surface area contributed by atoms with Gasteiger partial charge in [0.05, 0.1) is 93.5 Å². The fourth-order valence-corrected chi connectivity index (χ4v) is 13.0. The van der Waals surface area contributed by atoms with Gasteiger partial charge in [0.2, 0.25) is 56.1 Å². The number of benzene rings is 2. The molecule has 0 radical (unpaired) electrons. The molecule has 0 unspecified atom stereocenters. The summed E-state index contributed by atoms with van der Waals surface area (Å²) in [7, 11) is -18.0. The van der Waals surface area contributed by atoms with Crippen LogP contribution in [-0.4, -0.2) is 297 Å². The predicted molar refractivity (Wildman–Crippen MR) is 455 cm³/mol. The number of aliphatic imine (C=N–C) groups is 4. The summed E-state index contributed by atoms with van der Waals surface area (Å²) in [6, 6.07) is 3.17. The number of carbonyl (C=O) groups is 9. The quantitative estimate of drug-likeness (QED) is 0.0313. The van der Waals surface area contributed by atoms with E-state index in [1.54, 1.807) is 104 Å². The maximum Gasteiger partial charge on any atom is 0.408 e. The molecular formula is C63H107Cl3N16O29S8. The van der Waals surface area contributed by atoms with E-state index < -0.39 is 168 Å². The number of aliphatic hydroxyl groups excluding tert-OH is 1. The largest absolute Gasteiger partial charge is 0.480 e. The van der Waals surface area contributed by atoms with Gasteiger partial charge in [0.25, 0.3) is 21.8 Å². The van der Waals surface area contributed by atoms with Gasteiger partial charge < -0.3 is 71.3 Å². The molecule has 0 aliphatic carbocycles. The van der Waals surface area contributed by atoms with Crippen molar-refractivity contribution >= 4 is 200 Å². The van der Waals surface area contributed by atoms with Crippen LogP contribution in [0.15, 0.2) is 54.7 Å². The third kappa shape index (κ3) is 64.3. The van der Waals surface area contributed by atoms with Crippen molar-refractivity contribution < 1.29 is 133 Å². The Morgan fingerprint density at radius 2 is 0.941 bits per heavy atom. The molecule has 682 valence electrons. The van der Waals surface area contributed by atoms with E-state index in [2.05, 4.69) is 69.1 Å². The molecule has 16 N–H and O–H groups in total. The lowest BCUT2D eigenvalue weighted by atomic mass is 9.96. The first-order valence-electron chi connectivity index (χ1n) is 33.3. The molecule has 1 aliphatic heterocycles. The van der Waals surface area contributed by atoms with Gasteiger partial charge in [-0.15, -0.1) is 27.9 Å². The Morgan fingerprint density at radius 1 is 0.571 bits per heavy atom. The number of amidine groups is 3. The zero-order valence-electron chi connectivity index (χ0n) is 69.1. The molecule has 4 amide bonds. The smallest absolute Gasteiger partial charge is 0.408 e. The van der Waals surface area contributed by atoms with Crippen molar-refractivity contribution in [3.63, 3.8) is 0 Å². The zero-order chi connectivity index (χ0) is 94.1. The number of methoxy groups -OCH3 is 2. The molecule has 3 rings (SSSR count). The lowest BCUT2D eigenvalue weighted by molar-refractivity contribution is -0.158. The number of halogens is 3. The van der Waals surface area contributed by atoms with Crippen molar-refractivity contribution in [3.05, 3.63) is 67.7 Å². The van der Waals surface area contributed by atoms with E-state index in [9.17, 15) is 98.8 Å². The van der Waals surface area contributed by atoms with Crippen molar-refractivity contribution in [2.75, 3.05) is 104 Å². The van der Waals surface area contributed by atoms with Gasteiger partial charge in [-0.2, -0.15) is 0 Å². The van der Waals surface area contributed by atoms with E-state index >= 15 is 0 Å². The van der Waals surface area contributed by atoms with Crippen LogP contribution in [0.3, 0.4) is 0 Å². The van der Waals surface area contributed by atoms with Crippen molar-refractivity contribution in [1.29, 1.82) is 0 Å². The molecule has 0 saturated heterocycles. The molecule has 1 heterocycles. The highest BCUT2D eigenvalue weighted by Crippen LogP contribution is 2.35. The van der Waals surface area contributed by atoms with E-state index in [4.69, 9.17) is 70.7 Å². The molecule has 0 aromatic heterocycles. The third-order valence-corrected chi connectivity index (χ3v) is 17.9. The third-order valence-electron chi connectivity index (χ3n) is 11.7. The van der Waals surface area contributed by atoms with Gasteiger partial charge in [0, 0.05) is 23.7 Å². The highest BCUT2D eigenvalue weighted by atomic mass is 35.5. The summed E-state index contributed by atoms with van der Waals surface area (Å²) in [4.78, 5) is 121. The summed E-state index contributed by atoms with van der Waals surface area (Å²) in [6.07, 6.45) is 8.03. The number of carboxylic acid groups (broad SMARTS) is 2. The van der Waals surface area contributed by atoms with Crippen LogP contribution < -0.4 is 51.4 Å². The second-order valence-electron chi connectivity index (χ2n) is 27.0. The predicted octanol–water partition coefficient (Wildman–Crippen LogP) is 0.552. The first-order valence-corrected chi connectivity index (χ1v) is 48.2. The average molecular weight is 1920 g/mol. The van der Waals surface area contributed by atoms with E-state index in [0.29, 0.717) is 39.1 Å². The Kier molecular flexibility index (Phi) is 52.7. The number of thioether (sulfide) groups is 2. The minimum absolute atomic E-state index is 0.0229. The van der Waals surface area contributed by atoms with Gasteiger partial charge in [-0.1, -0.05) is 34.8 Å². The number of carboxylic acids is 2. The number of sulfonamides is 6. The van der Waals surface area contributed by atoms with Crippen molar-refractivity contribution in [2.24, 2.45) is 41.0 Å². The molecule has 0 bridgehead atoms. The lowest BCUT2D eigenvalue weighted by Gasteiger charge is -2.30. The topological polar surface area (TPSA) is 693 Å². The van der Waals surface area contributed by atoms with Crippen molar-refractivity contribution in [2.45, 2.75) is 137 Å². The first kappa shape index (κ1) is 117. The number of esters is 3. The second kappa shape index (κ2) is 53.5. The number of guanidine groups is 1. The van der Waals surface area contributed by atoms with E-state index in [-0.39, 0.29) is 65.2 Å². The summed E-state index contributed by atoms with van der Waals surface area (Å²) < 4.78 is 164. The molecule has 0 fully saturated rings. The van der Waals surface area contributed by atoms with Crippen molar-refractivity contribution in [3.8, 4) is 0 Å². The van der Waals surface area contributed by atoms with Crippen LogP contribution in [0.2, 0.25) is 15.1 Å². The van der Waals surface area contributed by atoms with Crippen LogP contribution in [0.5, 0.6) is 0 Å². The fourth-order valence-electron chi connectivity index (χ4n) is 7.53. The highest BCUT2D eigenvalue weighted by molar-refractivity contribution is 8.38. The van der Waals surface area contributed by atoms with Gasteiger partial charge in [-0.3, -0.25) is 48.2 Å². The maximum absolute atomic E-state index is 12.9. The number of hydrogen-bond donors (Lipinski definition) is 13. The van der Waals surface area contributed by atoms with Crippen LogP contribution >= 0.6 is 58.3 Å². The van der Waals surface area contributed by atoms with Crippen molar-refractivity contribution in [1.82, 2.24) is 39.7 Å². The van der Waals surface area contributed by atoms with Crippen LogP contribution in [0.25, 0.3) is 0 Å². The van der Waals surface area contributed by atoms with Crippen LogP contribution in [0.1, 0.15) is 115 Å². The molecular weight excluding hydrogens is 1810 g/mol. The van der Waals surface area contributed by atoms with Crippen LogP contribution in [-0.2, 0) is 121 Å². The number of nitrogens with two attached hydrogens (primary N) is 3. The molecule has 56 heteroatoms. The average Bonchev–Trinajstić information content (AvgIpc) is 0.773. The number of aliphatic hydroxyl groups is 1. The molecule has 2 aromatic rings. The Labute approximate surface area is 716 Å². The summed E-state index contributed by atoms with van der Waals surface area (Å²) in [5.41, 5.74) is 10.4. The van der Waals surface area contributed by atoms with E-state index in [1.807, 2.05) is 4.72 Å². The zero-order valence-corrected chi connectivity index (χ0v) is 77.9. The monoisotopic (exact) mass is 1910 g/mol. The molecule has 119 heavy (non-hydrogen) atoms. The summed E-state index contributed by atoms with van der Waals surface area (Å²) in [5, 5.41) is 38.3. The van der Waals surface area contributed by atoms with Gasteiger partial charge in [-0.05, 0) is 143 Å². The number of nitrogens with zero attached hydrogens (tertiary/aromatic N) is 6. The Morgan fingerprint density at radius 3 is 1.28 bits per heavy atom. The molecule has 0 saturated carbocycles. The SMILES string of the molecule is CC(=NC[C@H](NC(=O)OC(C)(C)C)C(=O)O)NS(C)(=O)=O.CC(C)(C)OC(=O)CO.COC(=O)[C@@H](N)CN=C(C)NS(C)(=O)=O.COC(=O)[C@H](CN=C(C)NS(C)(=O)=O)NC(=O)OC(C)(C)C.CS(=O)(=O)NC(N)=NC[C@H](NC(=O)c1c(Cl)cc2c(c1Cl)CCN(C(=O)c1ccc(Cl)cc1)C2)C(=O)O.CS(N)(=O)=O.CSC(=NS(C)(=O)=O)SC. The van der Waals surface area contributed by atoms with Gasteiger partial charge in [0.15, 0.2) is 0 Å². The number of carbonyl (C=O) groups excluding carboxylic acids is 7. The van der Waals surface area contributed by atoms with E-state index in [1.165, 1.54) is 57.5 Å². The highest BCUT2D eigenvalue weighted by Gasteiger charge is 2.31. The number of ether oxygens (including phenoxy) is 5.